The van der Waals surface area contributed by atoms with Gasteiger partial charge in [0.25, 0.3) is 0 Å². The molecule has 0 fully saturated rings. The zero-order chi connectivity index (χ0) is 16.4. The molecule has 0 aliphatic rings. The third-order valence-electron chi connectivity index (χ3n) is 3.45. The number of pyridine rings is 1. The summed E-state index contributed by atoms with van der Waals surface area (Å²) in [6.07, 6.45) is -4.42. The van der Waals surface area contributed by atoms with Crippen molar-refractivity contribution in [1.29, 1.82) is 0 Å². The normalized spacial score (nSPS) is 11.4. The van der Waals surface area contributed by atoms with Gasteiger partial charge in [-0.1, -0.05) is 42.5 Å². The first-order valence-electron chi connectivity index (χ1n) is 6.91. The van der Waals surface area contributed by atoms with Gasteiger partial charge in [-0.15, -0.1) is 0 Å². The average Bonchev–Trinajstić information content (AvgIpc) is 2.54. The molecule has 2 nitrogen and oxygen atoms in total. The van der Waals surface area contributed by atoms with Gasteiger partial charge in [0.2, 0.25) is 5.56 Å². The lowest BCUT2D eigenvalue weighted by Crippen LogP contribution is -2.07. The first kappa shape index (κ1) is 15.1. The van der Waals surface area contributed by atoms with Gasteiger partial charge in [0.1, 0.15) is 0 Å². The van der Waals surface area contributed by atoms with Gasteiger partial charge in [-0.2, -0.15) is 13.2 Å². The summed E-state index contributed by atoms with van der Waals surface area (Å²) in [7, 11) is 0. The van der Waals surface area contributed by atoms with E-state index >= 15 is 0 Å². The van der Waals surface area contributed by atoms with Gasteiger partial charge in [0.15, 0.2) is 0 Å². The molecule has 0 bridgehead atoms. The summed E-state index contributed by atoms with van der Waals surface area (Å²) in [5.41, 5.74) is 1.03. The summed E-state index contributed by atoms with van der Waals surface area (Å²) in [6, 6.07) is 17.2. The van der Waals surface area contributed by atoms with Crippen molar-refractivity contribution >= 4 is 0 Å². The highest BCUT2D eigenvalue weighted by Crippen LogP contribution is 2.32. The van der Waals surface area contributed by atoms with Gasteiger partial charge in [-0.3, -0.25) is 4.79 Å². The van der Waals surface area contributed by atoms with Crippen LogP contribution in [0.3, 0.4) is 0 Å². The fourth-order valence-electron chi connectivity index (χ4n) is 2.36. The minimum atomic E-state index is -4.42. The van der Waals surface area contributed by atoms with E-state index in [9.17, 15) is 18.0 Å². The Hall–Kier alpha value is -2.82. The Morgan fingerprint density at radius 3 is 2.13 bits per heavy atom. The molecule has 0 radical (unpaired) electrons. The van der Waals surface area contributed by atoms with Crippen LogP contribution in [0.2, 0.25) is 0 Å². The molecular weight excluding hydrogens is 303 g/mol. The lowest BCUT2D eigenvalue weighted by Gasteiger charge is -2.10. The Balaban J connectivity index is 2.11. The van der Waals surface area contributed by atoms with Crippen LogP contribution in [0.25, 0.3) is 22.4 Å². The summed E-state index contributed by atoms with van der Waals surface area (Å²) < 4.78 is 38.5. The van der Waals surface area contributed by atoms with E-state index in [0.29, 0.717) is 16.8 Å². The SMILES string of the molecule is O=c1cc(-c2ccccc2)cc(-c2cccc(C(F)(F)F)c2)[nH]1. The third-order valence-corrected chi connectivity index (χ3v) is 3.45. The standard InChI is InChI=1S/C18H12F3NO/c19-18(20,21)15-8-4-7-13(9-15)16-10-14(11-17(23)22-16)12-5-2-1-3-6-12/h1-11H,(H,22,23). The zero-order valence-electron chi connectivity index (χ0n) is 11.9. The van der Waals surface area contributed by atoms with Crippen molar-refractivity contribution in [3.05, 3.63) is 82.6 Å². The minimum absolute atomic E-state index is 0.315. The number of aromatic nitrogens is 1. The number of halogens is 3. The summed E-state index contributed by atoms with van der Waals surface area (Å²) in [5.74, 6) is 0. The van der Waals surface area contributed by atoms with E-state index in [0.717, 1.165) is 17.7 Å². The van der Waals surface area contributed by atoms with Crippen molar-refractivity contribution < 1.29 is 13.2 Å². The molecule has 23 heavy (non-hydrogen) atoms. The quantitative estimate of drug-likeness (QED) is 0.729. The van der Waals surface area contributed by atoms with Crippen LogP contribution >= 0.6 is 0 Å². The second-order valence-electron chi connectivity index (χ2n) is 5.09. The maximum atomic E-state index is 12.8. The van der Waals surface area contributed by atoms with Crippen LogP contribution in [0.5, 0.6) is 0 Å². The molecule has 1 N–H and O–H groups in total. The minimum Gasteiger partial charge on any atom is -0.322 e. The average molecular weight is 315 g/mol. The molecule has 0 aliphatic carbocycles. The number of hydrogen-bond donors (Lipinski definition) is 1. The monoisotopic (exact) mass is 315 g/mol. The third kappa shape index (κ3) is 3.34. The highest BCUT2D eigenvalue weighted by atomic mass is 19.4. The van der Waals surface area contributed by atoms with Crippen molar-refractivity contribution in [2.24, 2.45) is 0 Å². The van der Waals surface area contributed by atoms with Gasteiger partial charge in [-0.25, -0.2) is 0 Å². The second kappa shape index (κ2) is 5.76. The molecule has 1 aromatic heterocycles. The van der Waals surface area contributed by atoms with Crippen LogP contribution in [0.1, 0.15) is 5.56 Å². The predicted molar refractivity (Wildman–Crippen MR) is 82.9 cm³/mol. The number of aromatic amines is 1. The van der Waals surface area contributed by atoms with Crippen molar-refractivity contribution in [1.82, 2.24) is 4.98 Å². The Labute approximate surface area is 130 Å². The smallest absolute Gasteiger partial charge is 0.322 e. The lowest BCUT2D eigenvalue weighted by atomic mass is 10.0. The summed E-state index contributed by atoms with van der Waals surface area (Å²) in [6.45, 7) is 0. The number of rotatable bonds is 2. The molecule has 0 unspecified atom stereocenters. The zero-order valence-corrected chi connectivity index (χ0v) is 11.9. The fraction of sp³-hybridized carbons (Fsp3) is 0.0556. The number of hydrogen-bond acceptors (Lipinski definition) is 1. The van der Waals surface area contributed by atoms with Crippen LogP contribution < -0.4 is 5.56 Å². The van der Waals surface area contributed by atoms with Crippen LogP contribution in [-0.4, -0.2) is 4.98 Å². The molecule has 1 heterocycles. The largest absolute Gasteiger partial charge is 0.416 e. The van der Waals surface area contributed by atoms with Crippen molar-refractivity contribution in [3.8, 4) is 22.4 Å². The van der Waals surface area contributed by atoms with E-state index in [4.69, 9.17) is 0 Å². The van der Waals surface area contributed by atoms with Gasteiger partial charge >= 0.3 is 6.18 Å². The summed E-state index contributed by atoms with van der Waals surface area (Å²) in [4.78, 5) is 14.5. The molecule has 0 saturated carbocycles. The van der Waals surface area contributed by atoms with Gasteiger partial charge in [0.05, 0.1) is 5.56 Å². The first-order valence-corrected chi connectivity index (χ1v) is 6.91. The molecule has 0 atom stereocenters. The maximum Gasteiger partial charge on any atom is 0.416 e. The lowest BCUT2D eigenvalue weighted by molar-refractivity contribution is -0.137. The van der Waals surface area contributed by atoms with Crippen molar-refractivity contribution in [2.45, 2.75) is 6.18 Å². The Morgan fingerprint density at radius 1 is 0.739 bits per heavy atom. The van der Waals surface area contributed by atoms with Gasteiger partial charge in [-0.05, 0) is 34.9 Å². The molecule has 2 aromatic carbocycles. The Kier molecular flexibility index (Phi) is 3.78. The van der Waals surface area contributed by atoms with Gasteiger partial charge < -0.3 is 4.98 Å². The Bertz CT molecular complexity index is 883. The van der Waals surface area contributed by atoms with E-state index in [1.54, 1.807) is 6.07 Å². The number of nitrogens with one attached hydrogen (secondary N) is 1. The fourth-order valence-corrected chi connectivity index (χ4v) is 2.36. The molecule has 3 rings (SSSR count). The topological polar surface area (TPSA) is 32.9 Å². The number of benzene rings is 2. The maximum absolute atomic E-state index is 12.8. The molecular formula is C18H12F3NO. The summed E-state index contributed by atoms with van der Waals surface area (Å²) >= 11 is 0. The van der Waals surface area contributed by atoms with E-state index < -0.39 is 11.7 Å². The van der Waals surface area contributed by atoms with E-state index in [1.807, 2.05) is 30.3 Å². The van der Waals surface area contributed by atoms with Crippen molar-refractivity contribution in [3.63, 3.8) is 0 Å². The number of alkyl halides is 3. The molecule has 0 spiro atoms. The van der Waals surface area contributed by atoms with Crippen LogP contribution in [0, 0.1) is 0 Å². The number of H-pyrrole nitrogens is 1. The molecule has 5 heteroatoms. The van der Waals surface area contributed by atoms with Crippen molar-refractivity contribution in [2.75, 3.05) is 0 Å². The molecule has 0 aliphatic heterocycles. The van der Waals surface area contributed by atoms with E-state index in [-0.39, 0.29) is 5.56 Å². The van der Waals surface area contributed by atoms with Crippen LogP contribution in [0.4, 0.5) is 13.2 Å². The molecule has 0 saturated heterocycles. The highest BCUT2D eigenvalue weighted by Gasteiger charge is 2.30. The van der Waals surface area contributed by atoms with Crippen LogP contribution in [-0.2, 0) is 6.18 Å². The highest BCUT2D eigenvalue weighted by molar-refractivity contribution is 5.70. The molecule has 116 valence electrons. The van der Waals surface area contributed by atoms with Gasteiger partial charge in [0, 0.05) is 11.8 Å². The second-order valence-corrected chi connectivity index (χ2v) is 5.09. The van der Waals surface area contributed by atoms with E-state index in [2.05, 4.69) is 4.98 Å². The predicted octanol–water partition coefficient (Wildman–Crippen LogP) is 4.73. The molecule has 3 aromatic rings. The summed E-state index contributed by atoms with van der Waals surface area (Å²) in [5, 5.41) is 0. The first-order chi connectivity index (χ1) is 10.9. The Morgan fingerprint density at radius 2 is 1.43 bits per heavy atom. The molecule has 0 amide bonds. The van der Waals surface area contributed by atoms with E-state index in [1.165, 1.54) is 18.2 Å². The van der Waals surface area contributed by atoms with Crippen LogP contribution in [0.15, 0.2) is 71.5 Å².